The molecule has 29 heavy (non-hydrogen) atoms. The number of amides is 1. The second kappa shape index (κ2) is 8.35. The number of nitro benzene ring substituents is 1. The molecule has 0 aliphatic heterocycles. The number of rotatable bonds is 6. The number of benzene rings is 1. The Bertz CT molecular complexity index is 1020. The zero-order valence-electron chi connectivity index (χ0n) is 15.2. The summed E-state index contributed by atoms with van der Waals surface area (Å²) in [6, 6.07) is 4.06. The molecule has 2 N–H and O–H groups in total. The fraction of sp³-hybridized carbons (Fsp3) is 0.278. The number of aromatic amines is 1. The Morgan fingerprint density at radius 2 is 1.97 bits per heavy atom. The van der Waals surface area contributed by atoms with Gasteiger partial charge in [0.15, 0.2) is 5.16 Å². The molecule has 0 bridgehead atoms. The third-order valence-electron chi connectivity index (χ3n) is 4.74. The van der Waals surface area contributed by atoms with Crippen molar-refractivity contribution in [2.45, 2.75) is 41.7 Å². The molecule has 0 atom stereocenters. The minimum Gasteiger partial charge on any atom is -0.290 e. The lowest BCUT2D eigenvalue weighted by molar-refractivity contribution is -0.384. The number of nitro groups is 1. The number of carbonyl (C=O) groups is 1. The number of aromatic nitrogens is 5. The summed E-state index contributed by atoms with van der Waals surface area (Å²) >= 11 is 1.15. The first-order chi connectivity index (χ1) is 14.1. The number of hydrogen-bond acceptors (Lipinski definition) is 8. The van der Waals surface area contributed by atoms with Gasteiger partial charge in [0.1, 0.15) is 6.33 Å². The standard InChI is InChI=1S/C18H17N7O3S/c26-16(23-17-19-8-12(9-20-17)11-3-1-2-4-11)14-7-13(25(27)28)5-6-15(14)29-18-21-10-22-24-18/h5-11H,1-4H2,(H,21,22,24)(H,19,20,23,26). The van der Waals surface area contributed by atoms with Crippen molar-refractivity contribution >= 4 is 29.3 Å². The number of non-ortho nitro benzene ring substituents is 1. The Balaban J connectivity index is 1.56. The number of nitrogens with one attached hydrogen (secondary N) is 2. The Hall–Kier alpha value is -3.34. The van der Waals surface area contributed by atoms with Gasteiger partial charge < -0.3 is 0 Å². The van der Waals surface area contributed by atoms with Crippen LogP contribution >= 0.6 is 11.8 Å². The van der Waals surface area contributed by atoms with Crippen LogP contribution in [0, 0.1) is 10.1 Å². The number of H-pyrrole nitrogens is 1. The van der Waals surface area contributed by atoms with Crippen LogP contribution < -0.4 is 5.32 Å². The van der Waals surface area contributed by atoms with Crippen molar-refractivity contribution in [2.75, 3.05) is 5.32 Å². The topological polar surface area (TPSA) is 140 Å². The van der Waals surface area contributed by atoms with E-state index in [9.17, 15) is 14.9 Å². The van der Waals surface area contributed by atoms with E-state index in [0.29, 0.717) is 16.0 Å². The number of hydrogen-bond donors (Lipinski definition) is 2. The van der Waals surface area contributed by atoms with Gasteiger partial charge in [-0.25, -0.2) is 15.0 Å². The highest BCUT2D eigenvalue weighted by atomic mass is 32.2. The molecule has 4 rings (SSSR count). The van der Waals surface area contributed by atoms with Crippen LogP contribution in [0.1, 0.15) is 47.5 Å². The molecule has 1 aliphatic carbocycles. The van der Waals surface area contributed by atoms with E-state index in [-0.39, 0.29) is 17.2 Å². The van der Waals surface area contributed by atoms with Crippen LogP contribution in [0.4, 0.5) is 11.6 Å². The number of nitrogens with zero attached hydrogens (tertiary/aromatic N) is 5. The van der Waals surface area contributed by atoms with Crippen molar-refractivity contribution in [2.24, 2.45) is 0 Å². The highest BCUT2D eigenvalue weighted by molar-refractivity contribution is 7.99. The van der Waals surface area contributed by atoms with Crippen LogP contribution in [-0.4, -0.2) is 36.0 Å². The lowest BCUT2D eigenvalue weighted by atomic mass is 10.0. The van der Waals surface area contributed by atoms with E-state index in [2.05, 4.69) is 30.5 Å². The molecule has 0 unspecified atom stereocenters. The van der Waals surface area contributed by atoms with Crippen LogP contribution in [0.3, 0.4) is 0 Å². The second-order valence-electron chi connectivity index (χ2n) is 6.61. The van der Waals surface area contributed by atoms with Crippen LogP contribution in [0.5, 0.6) is 0 Å². The average molecular weight is 411 g/mol. The predicted molar refractivity (Wildman–Crippen MR) is 105 cm³/mol. The number of carbonyl (C=O) groups excluding carboxylic acids is 1. The second-order valence-corrected chi connectivity index (χ2v) is 7.64. The third-order valence-corrected chi connectivity index (χ3v) is 5.71. The summed E-state index contributed by atoms with van der Waals surface area (Å²) in [5, 5.41) is 20.7. The lowest BCUT2D eigenvalue weighted by Gasteiger charge is -2.10. The maximum atomic E-state index is 12.8. The first-order valence-corrected chi connectivity index (χ1v) is 9.87. The van der Waals surface area contributed by atoms with Gasteiger partial charge in [0.25, 0.3) is 11.6 Å². The maximum absolute atomic E-state index is 12.8. The molecule has 1 saturated carbocycles. The Morgan fingerprint density at radius 3 is 2.62 bits per heavy atom. The summed E-state index contributed by atoms with van der Waals surface area (Å²) in [5.74, 6) is 0.0876. The van der Waals surface area contributed by atoms with Crippen molar-refractivity contribution in [3.8, 4) is 0 Å². The number of anilines is 1. The first kappa shape index (κ1) is 19.0. The van der Waals surface area contributed by atoms with Crippen molar-refractivity contribution in [1.29, 1.82) is 0 Å². The highest BCUT2D eigenvalue weighted by Gasteiger charge is 2.20. The highest BCUT2D eigenvalue weighted by Crippen LogP contribution is 2.34. The molecule has 0 spiro atoms. The molecule has 10 nitrogen and oxygen atoms in total. The van der Waals surface area contributed by atoms with E-state index in [1.807, 2.05) is 0 Å². The fourth-order valence-corrected chi connectivity index (χ4v) is 4.09. The zero-order valence-corrected chi connectivity index (χ0v) is 16.1. The van der Waals surface area contributed by atoms with E-state index in [1.165, 1.54) is 37.4 Å². The monoisotopic (exact) mass is 411 g/mol. The molecule has 2 aromatic heterocycles. The molecule has 0 radical (unpaired) electrons. The molecular weight excluding hydrogens is 394 g/mol. The predicted octanol–water partition coefficient (Wildman–Crippen LogP) is 3.56. The molecule has 1 amide bonds. The van der Waals surface area contributed by atoms with Gasteiger partial charge >= 0.3 is 0 Å². The first-order valence-electron chi connectivity index (χ1n) is 9.05. The molecule has 1 aliphatic rings. The van der Waals surface area contributed by atoms with E-state index >= 15 is 0 Å². The minimum absolute atomic E-state index is 0.129. The molecule has 148 valence electrons. The molecule has 3 aromatic rings. The van der Waals surface area contributed by atoms with Gasteiger partial charge in [0.05, 0.1) is 10.5 Å². The summed E-state index contributed by atoms with van der Waals surface area (Å²) in [5.41, 5.74) is 1.01. The molecule has 1 aromatic carbocycles. The van der Waals surface area contributed by atoms with Crippen molar-refractivity contribution < 1.29 is 9.72 Å². The lowest BCUT2D eigenvalue weighted by Crippen LogP contribution is -2.15. The third kappa shape index (κ3) is 4.40. The van der Waals surface area contributed by atoms with E-state index in [1.54, 1.807) is 12.4 Å². The van der Waals surface area contributed by atoms with Gasteiger partial charge in [-0.2, -0.15) is 5.10 Å². The van der Waals surface area contributed by atoms with Crippen LogP contribution in [0.2, 0.25) is 0 Å². The van der Waals surface area contributed by atoms with Crippen molar-refractivity contribution in [3.05, 3.63) is 58.2 Å². The van der Waals surface area contributed by atoms with Gasteiger partial charge in [0.2, 0.25) is 5.95 Å². The summed E-state index contributed by atoms with van der Waals surface area (Å²) in [7, 11) is 0. The Kier molecular flexibility index (Phi) is 5.47. The molecule has 1 fully saturated rings. The van der Waals surface area contributed by atoms with E-state index < -0.39 is 10.8 Å². The van der Waals surface area contributed by atoms with Gasteiger partial charge in [0, 0.05) is 29.4 Å². The van der Waals surface area contributed by atoms with Crippen LogP contribution in [-0.2, 0) is 0 Å². The summed E-state index contributed by atoms with van der Waals surface area (Å²) in [6.45, 7) is 0. The van der Waals surface area contributed by atoms with Gasteiger partial charge in [-0.15, -0.1) is 0 Å². The van der Waals surface area contributed by atoms with Crippen molar-refractivity contribution in [3.63, 3.8) is 0 Å². The molecule has 2 heterocycles. The smallest absolute Gasteiger partial charge is 0.270 e. The minimum atomic E-state index is -0.549. The van der Waals surface area contributed by atoms with Crippen LogP contribution in [0.15, 0.2) is 47.0 Å². The summed E-state index contributed by atoms with van der Waals surface area (Å²) in [6.07, 6.45) is 9.48. The van der Waals surface area contributed by atoms with E-state index in [4.69, 9.17) is 0 Å². The molecular formula is C18H17N7O3S. The molecule has 0 saturated heterocycles. The largest absolute Gasteiger partial charge is 0.290 e. The SMILES string of the molecule is O=C(Nc1ncc(C2CCCC2)cn1)c1cc([N+](=O)[O-])ccc1Sc1ncn[nH]1. The van der Waals surface area contributed by atoms with Gasteiger partial charge in [-0.1, -0.05) is 12.8 Å². The van der Waals surface area contributed by atoms with Crippen molar-refractivity contribution in [1.82, 2.24) is 25.1 Å². The Labute approximate surface area is 169 Å². The fourth-order valence-electron chi connectivity index (χ4n) is 3.29. The Morgan fingerprint density at radius 1 is 1.21 bits per heavy atom. The van der Waals surface area contributed by atoms with Crippen LogP contribution in [0.25, 0.3) is 0 Å². The van der Waals surface area contributed by atoms with Gasteiger partial charge in [-0.05, 0) is 42.2 Å². The summed E-state index contributed by atoms with van der Waals surface area (Å²) < 4.78 is 0. The van der Waals surface area contributed by atoms with Gasteiger partial charge in [-0.3, -0.25) is 25.3 Å². The van der Waals surface area contributed by atoms with E-state index in [0.717, 1.165) is 30.2 Å². The molecule has 11 heteroatoms. The quantitative estimate of drug-likeness (QED) is 0.463. The summed E-state index contributed by atoms with van der Waals surface area (Å²) in [4.78, 5) is 36.4. The maximum Gasteiger partial charge on any atom is 0.270 e. The zero-order chi connectivity index (χ0) is 20.2. The average Bonchev–Trinajstić information content (AvgIpc) is 3.43. The normalized spacial score (nSPS) is 14.1.